The first-order valence-electron chi connectivity index (χ1n) is 8.49. The summed E-state index contributed by atoms with van der Waals surface area (Å²) in [5.41, 5.74) is 0.755. The first-order chi connectivity index (χ1) is 11.2. The van der Waals surface area contributed by atoms with Gasteiger partial charge in [0, 0.05) is 32.4 Å². The lowest BCUT2D eigenvalue weighted by Crippen LogP contribution is -2.45. The lowest BCUT2D eigenvalue weighted by molar-refractivity contribution is -0.169. The van der Waals surface area contributed by atoms with Gasteiger partial charge in [0.05, 0.1) is 25.1 Å². The van der Waals surface area contributed by atoms with E-state index < -0.39 is 0 Å². The number of carbonyl (C=O) groups is 1. The number of nitrogens with one attached hydrogen (secondary N) is 1. The molecule has 1 aromatic heterocycles. The van der Waals surface area contributed by atoms with Crippen molar-refractivity contribution in [2.75, 3.05) is 36.5 Å². The molecule has 126 valence electrons. The number of unbranched alkanes of at least 4 members (excludes halogenated alkanes) is 1. The molecule has 0 unspecified atom stereocenters. The third-order valence-corrected chi connectivity index (χ3v) is 4.45. The number of hydrogen-bond acceptors (Lipinski definition) is 5. The average Bonchev–Trinajstić information content (AvgIpc) is 3.03. The summed E-state index contributed by atoms with van der Waals surface area (Å²) in [6.45, 7) is 5.22. The number of nitrogens with zero attached hydrogens (tertiary/aromatic N) is 2. The molecule has 6 heteroatoms. The normalized spacial score (nSPS) is 20.0. The number of hydrogen-bond donors (Lipinski definition) is 1. The highest BCUT2D eigenvalue weighted by atomic mass is 16.7. The second-order valence-electron chi connectivity index (χ2n) is 6.15. The minimum atomic E-state index is -0.357. The fraction of sp³-hybridized carbons (Fsp3) is 0.647. The quantitative estimate of drug-likeness (QED) is 0.903. The molecular formula is C17H25N3O3. The molecule has 6 nitrogen and oxygen atoms in total. The summed E-state index contributed by atoms with van der Waals surface area (Å²) in [4.78, 5) is 18.4. The molecule has 3 rings (SSSR count). The van der Waals surface area contributed by atoms with Crippen molar-refractivity contribution >= 4 is 17.4 Å². The SMILES string of the molecule is CCCCC(=O)Nc1ccc(N2CCC3(CC2)OCCO3)nc1. The maximum Gasteiger partial charge on any atom is 0.224 e. The molecule has 3 heterocycles. The van der Waals surface area contributed by atoms with Gasteiger partial charge >= 0.3 is 0 Å². The van der Waals surface area contributed by atoms with Crippen LogP contribution in [0.15, 0.2) is 18.3 Å². The molecule has 2 aliphatic heterocycles. The van der Waals surface area contributed by atoms with E-state index in [2.05, 4.69) is 22.1 Å². The van der Waals surface area contributed by atoms with Gasteiger partial charge in [-0.2, -0.15) is 0 Å². The van der Waals surface area contributed by atoms with Gasteiger partial charge in [0.2, 0.25) is 5.91 Å². The van der Waals surface area contributed by atoms with Crippen LogP contribution >= 0.6 is 0 Å². The van der Waals surface area contributed by atoms with Crippen LogP contribution in [0.4, 0.5) is 11.5 Å². The van der Waals surface area contributed by atoms with Gasteiger partial charge in [-0.1, -0.05) is 13.3 Å². The van der Waals surface area contributed by atoms with E-state index in [9.17, 15) is 4.79 Å². The molecule has 2 aliphatic rings. The zero-order valence-electron chi connectivity index (χ0n) is 13.7. The fourth-order valence-corrected chi connectivity index (χ4v) is 3.07. The highest BCUT2D eigenvalue weighted by Crippen LogP contribution is 2.32. The zero-order valence-corrected chi connectivity index (χ0v) is 13.7. The Balaban J connectivity index is 1.52. The summed E-state index contributed by atoms with van der Waals surface area (Å²) in [5.74, 6) is 0.630. The van der Waals surface area contributed by atoms with E-state index in [-0.39, 0.29) is 11.7 Å². The van der Waals surface area contributed by atoms with Crippen molar-refractivity contribution < 1.29 is 14.3 Å². The van der Waals surface area contributed by atoms with Crippen LogP contribution in [-0.2, 0) is 14.3 Å². The van der Waals surface area contributed by atoms with E-state index in [1.54, 1.807) is 6.20 Å². The van der Waals surface area contributed by atoms with Crippen molar-refractivity contribution in [1.29, 1.82) is 0 Å². The van der Waals surface area contributed by atoms with Gasteiger partial charge < -0.3 is 19.7 Å². The Kier molecular flexibility index (Phi) is 5.13. The summed E-state index contributed by atoms with van der Waals surface area (Å²) in [7, 11) is 0. The van der Waals surface area contributed by atoms with E-state index >= 15 is 0 Å². The largest absolute Gasteiger partial charge is 0.356 e. The highest BCUT2D eigenvalue weighted by molar-refractivity contribution is 5.90. The van der Waals surface area contributed by atoms with Crippen molar-refractivity contribution in [2.45, 2.75) is 44.8 Å². The van der Waals surface area contributed by atoms with E-state index in [4.69, 9.17) is 9.47 Å². The maximum atomic E-state index is 11.7. The van der Waals surface area contributed by atoms with Crippen LogP contribution in [0.25, 0.3) is 0 Å². The Morgan fingerprint density at radius 1 is 1.30 bits per heavy atom. The molecule has 0 radical (unpaired) electrons. The van der Waals surface area contributed by atoms with Gasteiger partial charge in [-0.15, -0.1) is 0 Å². The van der Waals surface area contributed by atoms with Gasteiger partial charge in [-0.05, 0) is 18.6 Å². The zero-order chi connectivity index (χ0) is 16.1. The number of rotatable bonds is 5. The summed E-state index contributed by atoms with van der Waals surface area (Å²) in [5, 5.41) is 2.89. The predicted molar refractivity (Wildman–Crippen MR) is 88.5 cm³/mol. The lowest BCUT2D eigenvalue weighted by atomic mass is 10.0. The molecule has 0 saturated carbocycles. The summed E-state index contributed by atoms with van der Waals surface area (Å²) >= 11 is 0. The number of amides is 1. The van der Waals surface area contributed by atoms with Gasteiger partial charge in [0.1, 0.15) is 5.82 Å². The average molecular weight is 319 g/mol. The number of ether oxygens (including phenoxy) is 2. The standard InChI is InChI=1S/C17H25N3O3/c1-2-3-4-16(21)19-14-5-6-15(18-13-14)20-9-7-17(8-10-20)22-11-12-23-17/h5-6,13H,2-4,7-12H2,1H3,(H,19,21). The van der Waals surface area contributed by atoms with Crippen LogP contribution < -0.4 is 10.2 Å². The van der Waals surface area contributed by atoms with Crippen LogP contribution in [0.1, 0.15) is 39.0 Å². The Morgan fingerprint density at radius 3 is 2.65 bits per heavy atom. The predicted octanol–water partition coefficient (Wildman–Crippen LogP) is 2.55. The second-order valence-corrected chi connectivity index (χ2v) is 6.15. The Hall–Kier alpha value is -1.66. The van der Waals surface area contributed by atoms with Crippen LogP contribution in [0.3, 0.4) is 0 Å². The molecule has 1 N–H and O–H groups in total. The molecule has 0 aromatic carbocycles. The second kappa shape index (κ2) is 7.27. The topological polar surface area (TPSA) is 63.7 Å². The van der Waals surface area contributed by atoms with Crippen LogP contribution in [-0.4, -0.2) is 43.0 Å². The monoisotopic (exact) mass is 319 g/mol. The minimum Gasteiger partial charge on any atom is -0.356 e. The number of anilines is 2. The summed E-state index contributed by atoms with van der Waals surface area (Å²) < 4.78 is 11.5. The van der Waals surface area contributed by atoms with Crippen LogP contribution in [0, 0.1) is 0 Å². The number of piperidine rings is 1. The molecule has 0 bridgehead atoms. The molecule has 1 spiro atoms. The molecular weight excluding hydrogens is 294 g/mol. The van der Waals surface area contributed by atoms with Crippen molar-refractivity contribution in [3.05, 3.63) is 18.3 Å². The van der Waals surface area contributed by atoms with E-state index in [1.165, 1.54) is 0 Å². The van der Waals surface area contributed by atoms with Crippen LogP contribution in [0.5, 0.6) is 0 Å². The number of aromatic nitrogens is 1. The molecule has 23 heavy (non-hydrogen) atoms. The summed E-state index contributed by atoms with van der Waals surface area (Å²) in [6, 6.07) is 3.88. The molecule has 0 aliphatic carbocycles. The first-order valence-corrected chi connectivity index (χ1v) is 8.49. The molecule has 2 saturated heterocycles. The molecule has 1 aromatic rings. The third-order valence-electron chi connectivity index (χ3n) is 4.45. The first kappa shape index (κ1) is 16.2. The molecule has 2 fully saturated rings. The van der Waals surface area contributed by atoms with E-state index in [0.29, 0.717) is 19.6 Å². The molecule has 1 amide bonds. The molecule has 0 atom stereocenters. The Bertz CT molecular complexity index is 516. The van der Waals surface area contributed by atoms with E-state index in [0.717, 1.165) is 50.3 Å². The lowest BCUT2D eigenvalue weighted by Gasteiger charge is -2.38. The van der Waals surface area contributed by atoms with Crippen molar-refractivity contribution in [2.24, 2.45) is 0 Å². The number of pyridine rings is 1. The van der Waals surface area contributed by atoms with Gasteiger partial charge in [-0.25, -0.2) is 4.98 Å². The van der Waals surface area contributed by atoms with Gasteiger partial charge in [-0.3, -0.25) is 4.79 Å². The summed E-state index contributed by atoms with van der Waals surface area (Å²) in [6.07, 6.45) is 5.96. The highest BCUT2D eigenvalue weighted by Gasteiger charge is 2.39. The Morgan fingerprint density at radius 2 is 2.04 bits per heavy atom. The smallest absolute Gasteiger partial charge is 0.224 e. The van der Waals surface area contributed by atoms with Gasteiger partial charge in [0.25, 0.3) is 0 Å². The van der Waals surface area contributed by atoms with Crippen LogP contribution in [0.2, 0.25) is 0 Å². The number of carbonyl (C=O) groups excluding carboxylic acids is 1. The van der Waals surface area contributed by atoms with Crippen molar-refractivity contribution in [3.8, 4) is 0 Å². The third kappa shape index (κ3) is 4.00. The fourth-order valence-electron chi connectivity index (χ4n) is 3.07. The van der Waals surface area contributed by atoms with E-state index in [1.807, 2.05) is 12.1 Å². The van der Waals surface area contributed by atoms with Crippen molar-refractivity contribution in [3.63, 3.8) is 0 Å². The maximum absolute atomic E-state index is 11.7. The minimum absolute atomic E-state index is 0.0526. The van der Waals surface area contributed by atoms with Gasteiger partial charge in [0.15, 0.2) is 5.79 Å². The van der Waals surface area contributed by atoms with Crippen molar-refractivity contribution in [1.82, 2.24) is 4.98 Å². The Labute approximate surface area is 137 Å².